The molecule has 3 rings (SSSR count). The van der Waals surface area contributed by atoms with E-state index in [1.54, 1.807) is 7.05 Å². The fourth-order valence-electron chi connectivity index (χ4n) is 3.68. The van der Waals surface area contributed by atoms with Gasteiger partial charge >= 0.3 is 0 Å². The van der Waals surface area contributed by atoms with E-state index in [-0.39, 0.29) is 5.91 Å². The maximum absolute atomic E-state index is 12.1. The summed E-state index contributed by atoms with van der Waals surface area (Å²) in [6.45, 7) is 5.39. The summed E-state index contributed by atoms with van der Waals surface area (Å²) < 4.78 is 0. The minimum absolute atomic E-state index is 0.0588. The van der Waals surface area contributed by atoms with Crippen molar-refractivity contribution in [2.75, 3.05) is 26.7 Å². The molecule has 29 heavy (non-hydrogen) atoms. The molecular weight excluding hydrogens is 362 g/mol. The van der Waals surface area contributed by atoms with Gasteiger partial charge in [0.2, 0.25) is 0 Å². The highest BCUT2D eigenvalue weighted by Gasteiger charge is 2.29. The van der Waals surface area contributed by atoms with Crippen molar-refractivity contribution in [3.8, 4) is 0 Å². The van der Waals surface area contributed by atoms with Crippen molar-refractivity contribution in [2.45, 2.75) is 32.0 Å². The molecule has 6 heteroatoms. The second-order valence-electron chi connectivity index (χ2n) is 7.46. The molecule has 6 nitrogen and oxygen atoms in total. The molecule has 2 unspecified atom stereocenters. The van der Waals surface area contributed by atoms with Gasteiger partial charge in [0.05, 0.1) is 0 Å². The Morgan fingerprint density at radius 1 is 1.03 bits per heavy atom. The van der Waals surface area contributed by atoms with Gasteiger partial charge in [-0.15, -0.1) is 0 Å². The Hall–Kier alpha value is -2.86. The molecule has 1 fully saturated rings. The summed E-state index contributed by atoms with van der Waals surface area (Å²) in [7, 11) is 1.78. The van der Waals surface area contributed by atoms with E-state index >= 15 is 0 Å². The molecule has 1 aliphatic heterocycles. The maximum atomic E-state index is 12.1. The molecule has 0 aliphatic carbocycles. The number of hydrogen-bond donors (Lipinski definition) is 3. The number of likely N-dealkylation sites (tertiary alicyclic amines) is 1. The van der Waals surface area contributed by atoms with Crippen LogP contribution in [0.1, 0.15) is 29.3 Å². The number of carbonyl (C=O) groups excluding carboxylic acids is 1. The van der Waals surface area contributed by atoms with E-state index in [9.17, 15) is 4.79 Å². The van der Waals surface area contributed by atoms with E-state index in [1.165, 1.54) is 5.56 Å². The SMILES string of the molecule is CN=C(NCCNC(=O)c1ccccc1)NC1CC(C)N(Cc2ccccc2)C1. The monoisotopic (exact) mass is 393 g/mol. The summed E-state index contributed by atoms with van der Waals surface area (Å²) in [6, 6.07) is 20.7. The van der Waals surface area contributed by atoms with Crippen LogP contribution in [0, 0.1) is 0 Å². The van der Waals surface area contributed by atoms with Gasteiger partial charge in [0.15, 0.2) is 5.96 Å². The first-order valence-electron chi connectivity index (χ1n) is 10.2. The molecule has 2 aromatic rings. The third-order valence-electron chi connectivity index (χ3n) is 5.24. The lowest BCUT2D eigenvalue weighted by atomic mass is 10.2. The molecule has 1 amide bonds. The molecule has 1 saturated heterocycles. The Balaban J connectivity index is 1.39. The van der Waals surface area contributed by atoms with Crippen molar-refractivity contribution in [2.24, 2.45) is 4.99 Å². The molecule has 0 spiro atoms. The van der Waals surface area contributed by atoms with E-state index in [2.05, 4.69) is 63.1 Å². The normalized spacial score (nSPS) is 19.7. The van der Waals surface area contributed by atoms with Crippen molar-refractivity contribution >= 4 is 11.9 Å². The number of hydrogen-bond acceptors (Lipinski definition) is 3. The fraction of sp³-hybridized carbons (Fsp3) is 0.391. The molecule has 0 aromatic heterocycles. The van der Waals surface area contributed by atoms with Crippen LogP contribution in [0.15, 0.2) is 65.7 Å². The van der Waals surface area contributed by atoms with E-state index in [0.29, 0.717) is 30.7 Å². The number of rotatable bonds is 7. The highest BCUT2D eigenvalue weighted by atomic mass is 16.1. The van der Waals surface area contributed by atoms with Gasteiger partial charge in [0, 0.05) is 50.9 Å². The Kier molecular flexibility index (Phi) is 7.64. The summed E-state index contributed by atoms with van der Waals surface area (Å²) in [5.41, 5.74) is 2.02. The number of nitrogens with one attached hydrogen (secondary N) is 3. The van der Waals surface area contributed by atoms with Crippen molar-refractivity contribution in [1.29, 1.82) is 0 Å². The van der Waals surface area contributed by atoms with Gasteiger partial charge < -0.3 is 16.0 Å². The van der Waals surface area contributed by atoms with Gasteiger partial charge in [-0.05, 0) is 31.0 Å². The summed E-state index contributed by atoms with van der Waals surface area (Å²) in [4.78, 5) is 18.9. The van der Waals surface area contributed by atoms with Crippen LogP contribution in [0.3, 0.4) is 0 Å². The largest absolute Gasteiger partial charge is 0.355 e. The van der Waals surface area contributed by atoms with Gasteiger partial charge in [-0.25, -0.2) is 0 Å². The molecule has 154 valence electrons. The zero-order valence-electron chi connectivity index (χ0n) is 17.3. The van der Waals surface area contributed by atoms with Crippen LogP contribution in [-0.4, -0.2) is 55.5 Å². The van der Waals surface area contributed by atoms with Crippen molar-refractivity contribution in [1.82, 2.24) is 20.9 Å². The van der Waals surface area contributed by atoms with E-state index < -0.39 is 0 Å². The molecule has 0 saturated carbocycles. The molecule has 1 heterocycles. The first-order valence-corrected chi connectivity index (χ1v) is 10.2. The number of guanidine groups is 1. The highest BCUT2D eigenvalue weighted by Crippen LogP contribution is 2.20. The Labute approximate surface area is 173 Å². The first kappa shape index (κ1) is 20.9. The summed E-state index contributed by atoms with van der Waals surface area (Å²) in [6.07, 6.45) is 1.08. The Morgan fingerprint density at radius 2 is 1.69 bits per heavy atom. The first-order chi connectivity index (χ1) is 14.2. The second kappa shape index (κ2) is 10.6. The number of carbonyl (C=O) groups is 1. The third kappa shape index (κ3) is 6.32. The molecule has 1 aliphatic rings. The van der Waals surface area contributed by atoms with Crippen LogP contribution in [-0.2, 0) is 6.54 Å². The lowest BCUT2D eigenvalue weighted by molar-refractivity contribution is 0.0954. The number of amides is 1. The Morgan fingerprint density at radius 3 is 2.38 bits per heavy atom. The van der Waals surface area contributed by atoms with Crippen LogP contribution in [0.25, 0.3) is 0 Å². The molecule has 3 N–H and O–H groups in total. The molecule has 2 aromatic carbocycles. The molecular formula is C23H31N5O. The van der Waals surface area contributed by atoms with Gasteiger partial charge in [0.25, 0.3) is 5.91 Å². The predicted octanol–water partition coefficient (Wildman–Crippen LogP) is 2.24. The van der Waals surface area contributed by atoms with Gasteiger partial charge in [0.1, 0.15) is 0 Å². The smallest absolute Gasteiger partial charge is 0.251 e. The lowest BCUT2D eigenvalue weighted by Gasteiger charge is -2.21. The molecule has 2 atom stereocenters. The van der Waals surface area contributed by atoms with Crippen molar-refractivity contribution < 1.29 is 4.79 Å². The van der Waals surface area contributed by atoms with Gasteiger partial charge in [-0.1, -0.05) is 48.5 Å². The second-order valence-corrected chi connectivity index (χ2v) is 7.46. The standard InChI is InChI=1S/C23H31N5O/c1-18-15-21(17-28(18)16-19-9-5-3-6-10-19)27-23(24-2)26-14-13-25-22(29)20-11-7-4-8-12-20/h3-12,18,21H,13-17H2,1-2H3,(H,25,29)(H2,24,26,27). The summed E-state index contributed by atoms with van der Waals surface area (Å²) in [5.74, 6) is 0.717. The third-order valence-corrected chi connectivity index (χ3v) is 5.24. The minimum Gasteiger partial charge on any atom is -0.355 e. The lowest BCUT2D eigenvalue weighted by Crippen LogP contribution is -2.46. The highest BCUT2D eigenvalue weighted by molar-refractivity contribution is 5.94. The van der Waals surface area contributed by atoms with Crippen LogP contribution in [0.5, 0.6) is 0 Å². The summed E-state index contributed by atoms with van der Waals surface area (Å²) in [5, 5.41) is 9.73. The molecule has 0 bridgehead atoms. The molecule has 0 radical (unpaired) electrons. The van der Waals surface area contributed by atoms with Crippen molar-refractivity contribution in [3.05, 3.63) is 71.8 Å². The van der Waals surface area contributed by atoms with Gasteiger partial charge in [-0.2, -0.15) is 0 Å². The zero-order valence-corrected chi connectivity index (χ0v) is 17.3. The number of aliphatic imine (C=N–C) groups is 1. The zero-order chi connectivity index (χ0) is 20.5. The Bertz CT molecular complexity index is 793. The van der Waals surface area contributed by atoms with Crippen LogP contribution in [0.2, 0.25) is 0 Å². The average molecular weight is 394 g/mol. The minimum atomic E-state index is -0.0588. The van der Waals surface area contributed by atoms with E-state index in [0.717, 1.165) is 25.5 Å². The average Bonchev–Trinajstić information content (AvgIpc) is 3.10. The maximum Gasteiger partial charge on any atom is 0.251 e. The predicted molar refractivity (Wildman–Crippen MR) is 118 cm³/mol. The van der Waals surface area contributed by atoms with Crippen LogP contribution in [0.4, 0.5) is 0 Å². The number of benzene rings is 2. The van der Waals surface area contributed by atoms with Crippen LogP contribution >= 0.6 is 0 Å². The van der Waals surface area contributed by atoms with E-state index in [4.69, 9.17) is 0 Å². The topological polar surface area (TPSA) is 68.8 Å². The van der Waals surface area contributed by atoms with Gasteiger partial charge in [-0.3, -0.25) is 14.7 Å². The fourth-order valence-corrected chi connectivity index (χ4v) is 3.68. The van der Waals surface area contributed by atoms with Crippen LogP contribution < -0.4 is 16.0 Å². The van der Waals surface area contributed by atoms with E-state index in [1.807, 2.05) is 30.3 Å². The summed E-state index contributed by atoms with van der Waals surface area (Å²) >= 11 is 0. The quantitative estimate of drug-likeness (QED) is 0.383. The number of nitrogens with zero attached hydrogens (tertiary/aromatic N) is 2. The van der Waals surface area contributed by atoms with Crippen molar-refractivity contribution in [3.63, 3.8) is 0 Å².